The summed E-state index contributed by atoms with van der Waals surface area (Å²) in [6, 6.07) is 14.4. The molecule has 0 bridgehead atoms. The van der Waals surface area contributed by atoms with Gasteiger partial charge in [0.15, 0.2) is 0 Å². The summed E-state index contributed by atoms with van der Waals surface area (Å²) in [4.78, 5) is 13.3. The molecule has 2 rings (SSSR count). The van der Waals surface area contributed by atoms with Gasteiger partial charge in [0, 0.05) is 17.0 Å². The van der Waals surface area contributed by atoms with E-state index in [2.05, 4.69) is 60.3 Å². The number of benzene rings is 1. The van der Waals surface area contributed by atoms with Gasteiger partial charge in [-0.1, -0.05) is 36.4 Å². The third-order valence-electron chi connectivity index (χ3n) is 3.76. The summed E-state index contributed by atoms with van der Waals surface area (Å²) in [6.07, 6.45) is 0.927. The van der Waals surface area contributed by atoms with Crippen LogP contribution < -0.4 is 16.0 Å². The number of nitrogens with one attached hydrogen (secondary N) is 3. The van der Waals surface area contributed by atoms with Gasteiger partial charge in [0.2, 0.25) is 5.91 Å². The molecule has 0 saturated heterocycles. The fraction of sp³-hybridized carbons (Fsp3) is 0.450. The maximum Gasteiger partial charge on any atom is 0.233 e. The first-order valence-corrected chi connectivity index (χ1v) is 9.67. The SMILES string of the molecule is CC(C)(C)NCCCNC(=O)CN[C@@H](c1ccccc1)c1cccs1. The Morgan fingerprint density at radius 2 is 1.84 bits per heavy atom. The van der Waals surface area contributed by atoms with Crippen LogP contribution in [0.25, 0.3) is 0 Å². The van der Waals surface area contributed by atoms with Crippen LogP contribution in [0.2, 0.25) is 0 Å². The molecule has 4 nitrogen and oxygen atoms in total. The van der Waals surface area contributed by atoms with Crippen LogP contribution in [0, 0.1) is 0 Å². The van der Waals surface area contributed by atoms with E-state index in [9.17, 15) is 4.79 Å². The fourth-order valence-corrected chi connectivity index (χ4v) is 3.35. The summed E-state index contributed by atoms with van der Waals surface area (Å²) in [7, 11) is 0. The van der Waals surface area contributed by atoms with Crippen LogP contribution in [0.3, 0.4) is 0 Å². The van der Waals surface area contributed by atoms with Crippen molar-refractivity contribution in [1.29, 1.82) is 0 Å². The molecule has 1 aromatic heterocycles. The monoisotopic (exact) mass is 359 g/mol. The molecule has 0 saturated carbocycles. The molecule has 0 unspecified atom stereocenters. The van der Waals surface area contributed by atoms with Gasteiger partial charge >= 0.3 is 0 Å². The van der Waals surface area contributed by atoms with Gasteiger partial charge in [-0.3, -0.25) is 10.1 Å². The standard InChI is InChI=1S/C20H29N3OS/c1-20(2,3)23-13-8-12-21-18(24)15-22-19(17-11-7-14-25-17)16-9-5-4-6-10-16/h4-7,9-11,14,19,22-23H,8,12-13,15H2,1-3H3,(H,21,24)/t19-/m0/s1. The van der Waals surface area contributed by atoms with Crippen molar-refractivity contribution in [3.8, 4) is 0 Å². The predicted octanol–water partition coefficient (Wildman–Crippen LogP) is 3.32. The minimum absolute atomic E-state index is 0.0354. The van der Waals surface area contributed by atoms with Crippen molar-refractivity contribution >= 4 is 17.2 Å². The second-order valence-corrected chi connectivity index (χ2v) is 8.10. The first-order valence-electron chi connectivity index (χ1n) is 8.79. The zero-order valence-electron chi connectivity index (χ0n) is 15.3. The highest BCUT2D eigenvalue weighted by Crippen LogP contribution is 2.25. The van der Waals surface area contributed by atoms with Crippen molar-refractivity contribution < 1.29 is 4.79 Å². The van der Waals surface area contributed by atoms with Gasteiger partial charge in [0.05, 0.1) is 12.6 Å². The Hall–Kier alpha value is -1.69. The van der Waals surface area contributed by atoms with Crippen LogP contribution in [0.5, 0.6) is 0 Å². The summed E-state index contributed by atoms with van der Waals surface area (Å²) in [5, 5.41) is 11.9. The van der Waals surface area contributed by atoms with Gasteiger partial charge in [-0.05, 0) is 50.7 Å². The highest BCUT2D eigenvalue weighted by Gasteiger charge is 2.15. The van der Waals surface area contributed by atoms with Crippen molar-refractivity contribution in [1.82, 2.24) is 16.0 Å². The lowest BCUT2D eigenvalue weighted by atomic mass is 10.1. The molecule has 0 aliphatic heterocycles. The Morgan fingerprint density at radius 3 is 2.48 bits per heavy atom. The van der Waals surface area contributed by atoms with Gasteiger partial charge in [-0.15, -0.1) is 11.3 Å². The van der Waals surface area contributed by atoms with Crippen molar-refractivity contribution in [2.75, 3.05) is 19.6 Å². The van der Waals surface area contributed by atoms with Gasteiger partial charge in [0.1, 0.15) is 0 Å². The Labute approximate surface area is 155 Å². The Bertz CT molecular complexity index is 620. The molecule has 0 fully saturated rings. The lowest BCUT2D eigenvalue weighted by molar-refractivity contribution is -0.120. The van der Waals surface area contributed by atoms with Crippen molar-refractivity contribution in [2.45, 2.75) is 38.8 Å². The lowest BCUT2D eigenvalue weighted by Crippen LogP contribution is -2.39. The molecular weight excluding hydrogens is 330 g/mol. The molecule has 0 aliphatic carbocycles. The van der Waals surface area contributed by atoms with Gasteiger partial charge in [-0.2, -0.15) is 0 Å². The molecule has 0 radical (unpaired) electrons. The lowest BCUT2D eigenvalue weighted by Gasteiger charge is -2.20. The van der Waals surface area contributed by atoms with E-state index in [0.29, 0.717) is 13.1 Å². The summed E-state index contributed by atoms with van der Waals surface area (Å²) >= 11 is 1.70. The van der Waals surface area contributed by atoms with Gasteiger partial charge in [0.25, 0.3) is 0 Å². The van der Waals surface area contributed by atoms with Crippen LogP contribution in [-0.4, -0.2) is 31.1 Å². The second kappa shape index (κ2) is 9.70. The topological polar surface area (TPSA) is 53.2 Å². The fourth-order valence-electron chi connectivity index (χ4n) is 2.52. The second-order valence-electron chi connectivity index (χ2n) is 7.12. The predicted molar refractivity (Wildman–Crippen MR) is 106 cm³/mol. The molecule has 1 amide bonds. The quantitative estimate of drug-likeness (QED) is 0.602. The number of carbonyl (C=O) groups excluding carboxylic acids is 1. The van der Waals surface area contributed by atoms with E-state index in [1.165, 1.54) is 10.4 Å². The molecule has 0 spiro atoms. The van der Waals surface area contributed by atoms with E-state index < -0.39 is 0 Å². The van der Waals surface area contributed by atoms with E-state index in [4.69, 9.17) is 0 Å². The Kier molecular flexibility index (Phi) is 7.62. The smallest absolute Gasteiger partial charge is 0.233 e. The number of thiophene rings is 1. The highest BCUT2D eigenvalue weighted by atomic mass is 32.1. The normalized spacial score (nSPS) is 12.8. The molecule has 25 heavy (non-hydrogen) atoms. The zero-order chi connectivity index (χ0) is 18.1. The van der Waals surface area contributed by atoms with Crippen LogP contribution in [0.15, 0.2) is 47.8 Å². The van der Waals surface area contributed by atoms with Crippen LogP contribution in [0.1, 0.15) is 43.7 Å². The molecule has 1 aromatic carbocycles. The third-order valence-corrected chi connectivity index (χ3v) is 4.70. The maximum atomic E-state index is 12.1. The van der Waals surface area contributed by atoms with Crippen molar-refractivity contribution in [2.24, 2.45) is 0 Å². The minimum Gasteiger partial charge on any atom is -0.355 e. The molecule has 1 atom stereocenters. The van der Waals surface area contributed by atoms with Gasteiger partial charge in [-0.25, -0.2) is 0 Å². The molecule has 136 valence electrons. The van der Waals surface area contributed by atoms with Crippen LogP contribution in [-0.2, 0) is 4.79 Å². The molecule has 1 heterocycles. The van der Waals surface area contributed by atoms with Crippen molar-refractivity contribution in [3.05, 3.63) is 58.3 Å². The van der Waals surface area contributed by atoms with E-state index in [1.807, 2.05) is 24.3 Å². The summed E-state index contributed by atoms with van der Waals surface area (Å²) in [6.45, 7) is 8.33. The van der Waals surface area contributed by atoms with Crippen molar-refractivity contribution in [3.63, 3.8) is 0 Å². The maximum absolute atomic E-state index is 12.1. The van der Waals surface area contributed by atoms with E-state index in [-0.39, 0.29) is 17.5 Å². The first kappa shape index (κ1) is 19.6. The van der Waals surface area contributed by atoms with Crippen LogP contribution >= 0.6 is 11.3 Å². The highest BCUT2D eigenvalue weighted by molar-refractivity contribution is 7.10. The third kappa shape index (κ3) is 7.38. The number of carbonyl (C=O) groups is 1. The Balaban J connectivity index is 1.78. The van der Waals surface area contributed by atoms with Crippen LogP contribution in [0.4, 0.5) is 0 Å². The zero-order valence-corrected chi connectivity index (χ0v) is 16.2. The number of hydrogen-bond acceptors (Lipinski definition) is 4. The molecule has 3 N–H and O–H groups in total. The van der Waals surface area contributed by atoms with E-state index >= 15 is 0 Å². The molecule has 0 aliphatic rings. The molecule has 5 heteroatoms. The summed E-state index contributed by atoms with van der Waals surface area (Å²) < 4.78 is 0. The number of rotatable bonds is 9. The van der Waals surface area contributed by atoms with E-state index in [1.54, 1.807) is 11.3 Å². The minimum atomic E-state index is 0.0354. The molecular formula is C20H29N3OS. The molecule has 2 aromatic rings. The first-order chi connectivity index (χ1) is 12.0. The average Bonchev–Trinajstić information content (AvgIpc) is 3.09. The average molecular weight is 360 g/mol. The van der Waals surface area contributed by atoms with E-state index in [0.717, 1.165) is 13.0 Å². The Morgan fingerprint density at radius 1 is 1.08 bits per heavy atom. The number of hydrogen-bond donors (Lipinski definition) is 3. The summed E-state index contributed by atoms with van der Waals surface area (Å²) in [5.41, 5.74) is 1.29. The summed E-state index contributed by atoms with van der Waals surface area (Å²) in [5.74, 6) is 0.0354. The van der Waals surface area contributed by atoms with Gasteiger partial charge < -0.3 is 10.6 Å². The largest absolute Gasteiger partial charge is 0.355 e. The number of amides is 1.